The first kappa shape index (κ1) is 21.8. The Morgan fingerprint density at radius 1 is 1.16 bits per heavy atom. The highest BCUT2D eigenvalue weighted by molar-refractivity contribution is 7.89. The summed E-state index contributed by atoms with van der Waals surface area (Å²) in [6.07, 6.45) is 1.73. The highest BCUT2D eigenvalue weighted by Crippen LogP contribution is 2.35. The fourth-order valence-electron chi connectivity index (χ4n) is 3.24. The molecule has 1 saturated carbocycles. The van der Waals surface area contributed by atoms with Crippen molar-refractivity contribution in [3.05, 3.63) is 70.2 Å². The van der Waals surface area contributed by atoms with Gasteiger partial charge in [0.25, 0.3) is 0 Å². The van der Waals surface area contributed by atoms with Gasteiger partial charge < -0.3 is 14.6 Å². The number of benzene rings is 2. The van der Waals surface area contributed by atoms with Crippen molar-refractivity contribution in [3.8, 4) is 11.5 Å². The van der Waals surface area contributed by atoms with Crippen LogP contribution in [0.1, 0.15) is 29.1 Å². The normalized spacial score (nSPS) is 14.0. The maximum absolute atomic E-state index is 13.2. The number of aliphatic hydroxyl groups excluding tert-OH is 1. The quantitative estimate of drug-likeness (QED) is 0.498. The van der Waals surface area contributed by atoms with Gasteiger partial charge in [0.1, 0.15) is 11.6 Å². The van der Waals surface area contributed by atoms with Crippen LogP contribution in [-0.2, 0) is 29.8 Å². The molecule has 0 saturated heterocycles. The van der Waals surface area contributed by atoms with Crippen LogP contribution < -0.4 is 9.47 Å². The Kier molecular flexibility index (Phi) is 6.57. The number of methoxy groups -OCH3 is 1. The summed E-state index contributed by atoms with van der Waals surface area (Å²) < 4.78 is 39.3. The van der Waals surface area contributed by atoms with E-state index in [4.69, 9.17) is 14.6 Å². The van der Waals surface area contributed by atoms with Gasteiger partial charge >= 0.3 is 0 Å². The van der Waals surface area contributed by atoms with E-state index in [0.717, 1.165) is 23.4 Å². The summed E-state index contributed by atoms with van der Waals surface area (Å²) in [7, 11) is -2.03. The summed E-state index contributed by atoms with van der Waals surface area (Å²) in [4.78, 5) is 4.58. The lowest BCUT2D eigenvalue weighted by Gasteiger charge is -2.22. The standard InChI is InChI=1S/C22H24N2O5S2/c1-28-20-10-7-16(11-21(20)29-14-22-23-17(13-25)15-30-22)12-24(18-8-9-18)31(26,27)19-5-3-2-4-6-19/h2-7,10-11,15,18,25H,8-9,12-14H2,1H3. The van der Waals surface area contributed by atoms with Crippen LogP contribution >= 0.6 is 11.3 Å². The van der Waals surface area contributed by atoms with E-state index in [0.29, 0.717) is 22.1 Å². The highest BCUT2D eigenvalue weighted by atomic mass is 32.2. The molecule has 9 heteroatoms. The van der Waals surface area contributed by atoms with Crippen LogP contribution in [0.3, 0.4) is 0 Å². The average molecular weight is 461 g/mol. The van der Waals surface area contributed by atoms with E-state index >= 15 is 0 Å². The zero-order valence-electron chi connectivity index (χ0n) is 17.1. The Bertz CT molecular complexity index is 1130. The van der Waals surface area contributed by atoms with Crippen LogP contribution in [0.15, 0.2) is 58.8 Å². The van der Waals surface area contributed by atoms with Crippen molar-refractivity contribution in [3.63, 3.8) is 0 Å². The lowest BCUT2D eigenvalue weighted by Crippen LogP contribution is -2.32. The minimum absolute atomic E-state index is 0.0175. The average Bonchev–Trinajstić information content (AvgIpc) is 3.53. The third-order valence-corrected chi connectivity index (χ3v) is 7.77. The van der Waals surface area contributed by atoms with E-state index in [1.165, 1.54) is 11.3 Å². The number of rotatable bonds is 10. The molecule has 7 nitrogen and oxygen atoms in total. The van der Waals surface area contributed by atoms with Crippen molar-refractivity contribution >= 4 is 21.4 Å². The maximum atomic E-state index is 13.2. The molecule has 2 aromatic carbocycles. The smallest absolute Gasteiger partial charge is 0.243 e. The zero-order chi connectivity index (χ0) is 21.8. The molecule has 1 aliphatic carbocycles. The lowest BCUT2D eigenvalue weighted by molar-refractivity contribution is 0.271. The number of aliphatic hydroxyl groups is 1. The van der Waals surface area contributed by atoms with Gasteiger partial charge in [0, 0.05) is 18.0 Å². The van der Waals surface area contributed by atoms with Crippen LogP contribution in [-0.4, -0.2) is 36.0 Å². The molecule has 0 amide bonds. The molecule has 31 heavy (non-hydrogen) atoms. The molecule has 1 fully saturated rings. The van der Waals surface area contributed by atoms with Crippen molar-refractivity contribution in [2.24, 2.45) is 0 Å². The molecular weight excluding hydrogens is 436 g/mol. The molecule has 1 heterocycles. The van der Waals surface area contributed by atoms with Crippen molar-refractivity contribution in [2.45, 2.75) is 43.5 Å². The van der Waals surface area contributed by atoms with Gasteiger partial charge in [-0.25, -0.2) is 13.4 Å². The lowest BCUT2D eigenvalue weighted by atomic mass is 10.2. The van der Waals surface area contributed by atoms with Crippen LogP contribution in [0.25, 0.3) is 0 Å². The van der Waals surface area contributed by atoms with E-state index in [9.17, 15) is 8.42 Å². The summed E-state index contributed by atoms with van der Waals surface area (Å²) in [5.74, 6) is 1.08. The molecule has 0 aliphatic heterocycles. The van der Waals surface area contributed by atoms with Gasteiger partial charge in [0.05, 0.1) is 24.3 Å². The van der Waals surface area contributed by atoms with Crippen molar-refractivity contribution in [1.82, 2.24) is 9.29 Å². The maximum Gasteiger partial charge on any atom is 0.243 e. The molecule has 1 N–H and O–H groups in total. The third kappa shape index (κ3) is 5.07. The topological polar surface area (TPSA) is 89.0 Å². The second kappa shape index (κ2) is 9.35. The van der Waals surface area contributed by atoms with Gasteiger partial charge in [0.15, 0.2) is 11.5 Å². The predicted octanol–water partition coefficient (Wildman–Crippen LogP) is 3.58. The number of nitrogens with zero attached hydrogens (tertiary/aromatic N) is 2. The van der Waals surface area contributed by atoms with Gasteiger partial charge in [-0.05, 0) is 42.7 Å². The zero-order valence-corrected chi connectivity index (χ0v) is 18.7. The second-order valence-corrected chi connectivity index (χ2v) is 10.1. The SMILES string of the molecule is COc1ccc(CN(C2CC2)S(=O)(=O)c2ccccc2)cc1OCc1nc(CO)cs1. The van der Waals surface area contributed by atoms with Gasteiger partial charge in [-0.1, -0.05) is 24.3 Å². The highest BCUT2D eigenvalue weighted by Gasteiger charge is 2.38. The number of ether oxygens (including phenoxy) is 2. The molecular formula is C22H24N2O5S2. The van der Waals surface area contributed by atoms with Gasteiger partial charge in [-0.15, -0.1) is 11.3 Å². The van der Waals surface area contributed by atoms with Gasteiger partial charge in [-0.3, -0.25) is 0 Å². The first-order valence-electron chi connectivity index (χ1n) is 9.92. The summed E-state index contributed by atoms with van der Waals surface area (Å²) in [5, 5.41) is 11.7. The summed E-state index contributed by atoms with van der Waals surface area (Å²) in [6.45, 7) is 0.384. The molecule has 3 aromatic rings. The Morgan fingerprint density at radius 3 is 2.58 bits per heavy atom. The largest absolute Gasteiger partial charge is 0.493 e. The molecule has 0 radical (unpaired) electrons. The van der Waals surface area contributed by atoms with E-state index in [2.05, 4.69) is 4.98 Å². The van der Waals surface area contributed by atoms with Crippen molar-refractivity contribution in [2.75, 3.05) is 7.11 Å². The predicted molar refractivity (Wildman–Crippen MR) is 118 cm³/mol. The number of sulfonamides is 1. The summed E-state index contributed by atoms with van der Waals surface area (Å²) >= 11 is 1.41. The molecule has 4 rings (SSSR count). The van der Waals surface area contributed by atoms with Gasteiger partial charge in [-0.2, -0.15) is 4.31 Å². The van der Waals surface area contributed by atoms with Crippen molar-refractivity contribution in [1.29, 1.82) is 0 Å². The Balaban J connectivity index is 1.55. The second-order valence-electron chi connectivity index (χ2n) is 7.26. The molecule has 1 aromatic heterocycles. The van der Waals surface area contributed by atoms with E-state index in [1.54, 1.807) is 53.2 Å². The Labute approximate surface area is 185 Å². The van der Waals surface area contributed by atoms with Crippen LogP contribution in [0.4, 0.5) is 0 Å². The number of thiazole rings is 1. The molecule has 1 aliphatic rings. The van der Waals surface area contributed by atoms with E-state index in [1.807, 2.05) is 12.1 Å². The number of hydrogen-bond donors (Lipinski definition) is 1. The van der Waals surface area contributed by atoms with Crippen molar-refractivity contribution < 1.29 is 23.0 Å². The molecule has 164 valence electrons. The van der Waals surface area contributed by atoms with E-state index < -0.39 is 10.0 Å². The Hall–Kier alpha value is -2.46. The number of hydrogen-bond acceptors (Lipinski definition) is 7. The fourth-order valence-corrected chi connectivity index (χ4v) is 5.63. The minimum atomic E-state index is -3.59. The van der Waals surface area contributed by atoms with Gasteiger partial charge in [0.2, 0.25) is 10.0 Å². The first-order valence-corrected chi connectivity index (χ1v) is 12.2. The molecule has 0 unspecified atom stereocenters. The fraction of sp³-hybridized carbons (Fsp3) is 0.318. The summed E-state index contributed by atoms with van der Waals surface area (Å²) in [5.41, 5.74) is 1.42. The minimum Gasteiger partial charge on any atom is -0.493 e. The van der Waals surface area contributed by atoms with Crippen LogP contribution in [0, 0.1) is 0 Å². The Morgan fingerprint density at radius 2 is 1.94 bits per heavy atom. The molecule has 0 atom stereocenters. The summed E-state index contributed by atoms with van der Waals surface area (Å²) in [6, 6.07) is 14.0. The van der Waals surface area contributed by atoms with E-state index in [-0.39, 0.29) is 25.8 Å². The molecule has 0 bridgehead atoms. The third-order valence-electron chi connectivity index (χ3n) is 4.98. The van der Waals surface area contributed by atoms with Crippen LogP contribution in [0.5, 0.6) is 11.5 Å². The number of aromatic nitrogens is 1. The molecule has 0 spiro atoms. The monoisotopic (exact) mass is 460 g/mol. The van der Waals surface area contributed by atoms with Crippen LogP contribution in [0.2, 0.25) is 0 Å². The first-order chi connectivity index (χ1) is 15.0.